The number of nitrogens with one attached hydrogen (secondary N) is 1. The molecule has 3 aromatic rings. The van der Waals surface area contributed by atoms with Crippen molar-refractivity contribution < 1.29 is 37.0 Å². The van der Waals surface area contributed by atoms with Gasteiger partial charge in [-0.3, -0.25) is 14.9 Å². The van der Waals surface area contributed by atoms with Crippen molar-refractivity contribution in [2.45, 2.75) is 26.6 Å². The number of ether oxygens (including phenoxy) is 2. The minimum absolute atomic E-state index is 0.242. The molecule has 1 aliphatic heterocycles. The number of amides is 4. The van der Waals surface area contributed by atoms with Crippen molar-refractivity contribution in [1.82, 2.24) is 5.32 Å². The van der Waals surface area contributed by atoms with E-state index in [1.165, 1.54) is 19.3 Å². The number of nitrogens with zero attached hydrogens (tertiary/aromatic N) is 1. The number of hydrogen-bond donors (Lipinski definition) is 1. The summed E-state index contributed by atoms with van der Waals surface area (Å²) < 4.78 is 51.7. The number of benzene rings is 3. The molecule has 208 valence electrons. The smallest absolute Gasteiger partial charge is 0.416 e. The molecule has 12 heteroatoms. The van der Waals surface area contributed by atoms with Gasteiger partial charge in [-0.1, -0.05) is 29.8 Å². The first-order valence-corrected chi connectivity index (χ1v) is 12.8. The summed E-state index contributed by atoms with van der Waals surface area (Å²) in [4.78, 5) is 38.7. The number of alkyl halides is 3. The summed E-state index contributed by atoms with van der Waals surface area (Å²) in [6.07, 6.45) is -3.58. The molecule has 0 saturated carbocycles. The van der Waals surface area contributed by atoms with Crippen molar-refractivity contribution in [3.63, 3.8) is 0 Å². The molecule has 7 nitrogen and oxygen atoms in total. The number of imide groups is 2. The molecule has 0 unspecified atom stereocenters. The first kappa shape index (κ1) is 29.2. The maximum Gasteiger partial charge on any atom is 0.416 e. The fourth-order valence-electron chi connectivity index (χ4n) is 3.92. The summed E-state index contributed by atoms with van der Waals surface area (Å²) in [7, 11) is 1.41. The Morgan fingerprint density at radius 3 is 2.40 bits per heavy atom. The van der Waals surface area contributed by atoms with Gasteiger partial charge in [-0.2, -0.15) is 13.2 Å². The van der Waals surface area contributed by atoms with Crippen molar-refractivity contribution in [3.05, 3.63) is 91.4 Å². The highest BCUT2D eigenvalue weighted by molar-refractivity contribution is 9.10. The molecule has 0 atom stereocenters. The Kier molecular flexibility index (Phi) is 8.27. The average molecular weight is 638 g/mol. The molecule has 0 radical (unpaired) electrons. The third-order valence-electron chi connectivity index (χ3n) is 6.13. The van der Waals surface area contributed by atoms with Crippen LogP contribution in [0.1, 0.15) is 27.8 Å². The standard InChI is InChI=1S/C28H21BrClF3N2O5/c1-14-4-5-16(8-15(14)2)13-40-24-20(29)10-17(11-23(24)39-3)9-19-25(36)34-27(38)35(26(19)37)22-12-18(28(31,32)33)6-7-21(22)30/h4-12H,13H2,1-3H3,(H,34,36,38)/b19-9-. The normalized spacial score (nSPS) is 14.9. The van der Waals surface area contributed by atoms with Gasteiger partial charge in [-0.15, -0.1) is 0 Å². The van der Waals surface area contributed by atoms with Crippen molar-refractivity contribution in [1.29, 1.82) is 0 Å². The van der Waals surface area contributed by atoms with E-state index in [0.29, 0.717) is 32.8 Å². The number of barbiturate groups is 1. The van der Waals surface area contributed by atoms with E-state index in [2.05, 4.69) is 15.9 Å². The summed E-state index contributed by atoms with van der Waals surface area (Å²) >= 11 is 9.46. The van der Waals surface area contributed by atoms with Crippen LogP contribution in [0.25, 0.3) is 6.08 Å². The minimum Gasteiger partial charge on any atom is -0.493 e. The van der Waals surface area contributed by atoms with Gasteiger partial charge in [-0.05, 0) is 88.4 Å². The number of halogens is 5. The topological polar surface area (TPSA) is 84.9 Å². The third-order valence-corrected chi connectivity index (χ3v) is 7.04. The molecule has 1 aliphatic rings. The molecule has 1 saturated heterocycles. The van der Waals surface area contributed by atoms with Gasteiger partial charge in [0, 0.05) is 0 Å². The van der Waals surface area contributed by atoms with E-state index >= 15 is 0 Å². The van der Waals surface area contributed by atoms with Gasteiger partial charge in [0.05, 0.1) is 27.9 Å². The molecule has 1 heterocycles. The molecular formula is C28H21BrClF3N2O5. The maximum absolute atomic E-state index is 13.3. The SMILES string of the molecule is COc1cc(/C=C2/C(=O)NC(=O)N(c3cc(C(F)(F)F)ccc3Cl)C2=O)cc(Br)c1OCc1ccc(C)c(C)c1. The summed E-state index contributed by atoms with van der Waals surface area (Å²) in [5.41, 5.74) is 1.35. The van der Waals surface area contributed by atoms with E-state index in [0.717, 1.165) is 22.8 Å². The van der Waals surface area contributed by atoms with Crippen LogP contribution < -0.4 is 19.7 Å². The van der Waals surface area contributed by atoms with Crippen LogP contribution in [0.3, 0.4) is 0 Å². The lowest BCUT2D eigenvalue weighted by Gasteiger charge is -2.27. The van der Waals surface area contributed by atoms with Crippen LogP contribution in [0.2, 0.25) is 5.02 Å². The van der Waals surface area contributed by atoms with Crippen LogP contribution >= 0.6 is 27.5 Å². The number of carbonyl (C=O) groups excluding carboxylic acids is 3. The largest absolute Gasteiger partial charge is 0.493 e. The fourth-order valence-corrected chi connectivity index (χ4v) is 4.69. The van der Waals surface area contributed by atoms with Gasteiger partial charge >= 0.3 is 12.2 Å². The Morgan fingerprint density at radius 1 is 1.02 bits per heavy atom. The van der Waals surface area contributed by atoms with E-state index in [1.807, 2.05) is 37.4 Å². The second kappa shape index (κ2) is 11.3. The highest BCUT2D eigenvalue weighted by Gasteiger charge is 2.39. The van der Waals surface area contributed by atoms with Crippen LogP contribution in [0.15, 0.2) is 58.6 Å². The summed E-state index contributed by atoms with van der Waals surface area (Å²) in [6.45, 7) is 4.25. The van der Waals surface area contributed by atoms with E-state index in [9.17, 15) is 27.6 Å². The number of anilines is 1. The molecule has 4 rings (SSSR count). The first-order valence-electron chi connectivity index (χ1n) is 11.6. The molecule has 0 aromatic heterocycles. The Morgan fingerprint density at radius 2 is 1.75 bits per heavy atom. The monoisotopic (exact) mass is 636 g/mol. The highest BCUT2D eigenvalue weighted by atomic mass is 79.9. The van der Waals surface area contributed by atoms with Crippen molar-refractivity contribution >= 4 is 57.1 Å². The molecule has 3 aromatic carbocycles. The average Bonchev–Trinajstić information content (AvgIpc) is 2.87. The number of hydrogen-bond acceptors (Lipinski definition) is 5. The van der Waals surface area contributed by atoms with Gasteiger partial charge in [-0.25, -0.2) is 9.69 Å². The zero-order valence-corrected chi connectivity index (χ0v) is 23.6. The van der Waals surface area contributed by atoms with Gasteiger partial charge in [0.15, 0.2) is 11.5 Å². The quantitative estimate of drug-likeness (QED) is 0.233. The third kappa shape index (κ3) is 6.00. The Hall–Kier alpha value is -3.83. The minimum atomic E-state index is -4.76. The predicted molar refractivity (Wildman–Crippen MR) is 146 cm³/mol. The molecular weight excluding hydrogens is 617 g/mol. The van der Waals surface area contributed by atoms with Gasteiger partial charge in [0.1, 0.15) is 12.2 Å². The Labute approximate surface area is 240 Å². The molecule has 1 fully saturated rings. The molecule has 1 N–H and O–H groups in total. The van der Waals surface area contributed by atoms with E-state index < -0.39 is 40.8 Å². The van der Waals surface area contributed by atoms with Crippen LogP contribution in [0.5, 0.6) is 11.5 Å². The second-order valence-electron chi connectivity index (χ2n) is 8.86. The molecule has 4 amide bonds. The zero-order valence-electron chi connectivity index (χ0n) is 21.3. The number of carbonyl (C=O) groups is 3. The van der Waals surface area contributed by atoms with Crippen LogP contribution in [0.4, 0.5) is 23.7 Å². The first-order chi connectivity index (χ1) is 18.8. The van der Waals surface area contributed by atoms with Crippen molar-refractivity contribution in [2.24, 2.45) is 0 Å². The molecule has 0 aliphatic carbocycles. The number of aryl methyl sites for hydroxylation is 2. The predicted octanol–water partition coefficient (Wildman–Crippen LogP) is 6.99. The van der Waals surface area contributed by atoms with E-state index in [-0.39, 0.29) is 17.4 Å². The summed E-state index contributed by atoms with van der Waals surface area (Å²) in [5.74, 6) is -1.53. The van der Waals surface area contributed by atoms with Gasteiger partial charge in [0.2, 0.25) is 0 Å². The maximum atomic E-state index is 13.3. The summed E-state index contributed by atoms with van der Waals surface area (Å²) in [5, 5.41) is 1.68. The van der Waals surface area contributed by atoms with E-state index in [1.54, 1.807) is 6.07 Å². The van der Waals surface area contributed by atoms with Crippen molar-refractivity contribution in [3.8, 4) is 11.5 Å². The van der Waals surface area contributed by atoms with Crippen LogP contribution in [0, 0.1) is 13.8 Å². The van der Waals surface area contributed by atoms with Crippen LogP contribution in [-0.2, 0) is 22.4 Å². The second-order valence-corrected chi connectivity index (χ2v) is 10.1. The Bertz CT molecular complexity index is 1570. The Balaban J connectivity index is 1.67. The number of rotatable bonds is 6. The lowest BCUT2D eigenvalue weighted by Crippen LogP contribution is -2.54. The van der Waals surface area contributed by atoms with Gasteiger partial charge < -0.3 is 9.47 Å². The fraction of sp³-hybridized carbons (Fsp3) is 0.179. The lowest BCUT2D eigenvalue weighted by molar-refractivity contribution is -0.137. The molecule has 0 bridgehead atoms. The van der Waals surface area contributed by atoms with Crippen LogP contribution in [-0.4, -0.2) is 25.0 Å². The summed E-state index contributed by atoms with van der Waals surface area (Å²) in [6, 6.07) is 9.96. The number of methoxy groups -OCH3 is 1. The van der Waals surface area contributed by atoms with Crippen molar-refractivity contribution in [2.75, 3.05) is 12.0 Å². The lowest BCUT2D eigenvalue weighted by atomic mass is 10.1. The zero-order chi connectivity index (χ0) is 29.4. The molecule has 40 heavy (non-hydrogen) atoms. The van der Waals surface area contributed by atoms with E-state index in [4.69, 9.17) is 21.1 Å². The number of urea groups is 1. The van der Waals surface area contributed by atoms with Gasteiger partial charge in [0.25, 0.3) is 11.8 Å². The highest BCUT2D eigenvalue weighted by Crippen LogP contribution is 2.39. The molecule has 0 spiro atoms.